The minimum Gasteiger partial charge on any atom is -0.394 e. The Kier molecular flexibility index (Phi) is 6.39. The van der Waals surface area contributed by atoms with Gasteiger partial charge in [-0.25, -0.2) is 0 Å². The average Bonchev–Trinajstić information content (AvgIpc) is 2.27. The lowest BCUT2D eigenvalue weighted by Crippen LogP contribution is -2.61. The Labute approximate surface area is 110 Å². The van der Waals surface area contributed by atoms with Crippen LogP contribution in [0.25, 0.3) is 0 Å². The Morgan fingerprint density at radius 2 is 2.22 bits per heavy atom. The van der Waals surface area contributed by atoms with Crippen LogP contribution in [0.15, 0.2) is 0 Å². The monoisotopic (exact) mass is 297 g/mol. The van der Waals surface area contributed by atoms with E-state index < -0.39 is 32.4 Å². The predicted molar refractivity (Wildman–Crippen MR) is 72.2 cm³/mol. The molecule has 6 nitrogen and oxygen atoms in total. The molecule has 1 aliphatic rings. The molecule has 1 amide bonds. The van der Waals surface area contributed by atoms with Crippen molar-refractivity contribution in [2.45, 2.75) is 38.4 Å². The Balaban J connectivity index is 2.83. The molecule has 106 valence electrons. The van der Waals surface area contributed by atoms with Crippen LogP contribution in [-0.4, -0.2) is 53.9 Å². The van der Waals surface area contributed by atoms with Crippen LogP contribution < -0.4 is 5.32 Å². The molecule has 1 heterocycles. The van der Waals surface area contributed by atoms with E-state index in [-0.39, 0.29) is 18.4 Å². The van der Waals surface area contributed by atoms with Gasteiger partial charge in [0.25, 0.3) is 0 Å². The maximum absolute atomic E-state index is 11.2. The molecule has 8 heteroatoms. The van der Waals surface area contributed by atoms with Gasteiger partial charge in [0, 0.05) is 20.7 Å². The maximum atomic E-state index is 11.2. The van der Waals surface area contributed by atoms with Crippen LogP contribution in [0.1, 0.15) is 13.8 Å². The predicted octanol–water partition coefficient (Wildman–Crippen LogP) is 0.0387. The fraction of sp³-hybridized carbons (Fsp3) is 0.900. The van der Waals surface area contributed by atoms with Crippen molar-refractivity contribution < 1.29 is 24.3 Å². The average molecular weight is 297 g/mol. The van der Waals surface area contributed by atoms with E-state index in [1.807, 2.05) is 6.66 Å². The SMILES string of the molecule is CC(=O)NC1[C@H](OP(C)P)OC(CO)[C@@H](C)[C@@H]1O. The van der Waals surface area contributed by atoms with E-state index in [1.54, 1.807) is 6.92 Å². The number of ether oxygens (including phenoxy) is 1. The summed E-state index contributed by atoms with van der Waals surface area (Å²) in [5.74, 6) is -0.533. The lowest BCUT2D eigenvalue weighted by atomic mass is 9.89. The Morgan fingerprint density at radius 3 is 2.67 bits per heavy atom. The standard InChI is InChI=1S/C10H21NO5P2/c1-5-7(4-12)15-10(16-18(3)17)8(9(5)14)11-6(2)13/h5,7-10,12,14H,4,17H2,1-3H3,(H,11,13)/t5-,7?,8?,9+,10+,18?/m1/s1. The molecule has 1 saturated heterocycles. The summed E-state index contributed by atoms with van der Waals surface area (Å²) < 4.78 is 11.2. The quantitative estimate of drug-likeness (QED) is 0.638. The van der Waals surface area contributed by atoms with Gasteiger partial charge in [-0.3, -0.25) is 4.79 Å². The summed E-state index contributed by atoms with van der Waals surface area (Å²) in [5, 5.41) is 22.0. The van der Waals surface area contributed by atoms with Crippen LogP contribution in [0.5, 0.6) is 0 Å². The van der Waals surface area contributed by atoms with Gasteiger partial charge in [-0.15, -0.1) is 0 Å². The minimum absolute atomic E-state index is 0.191. The molecule has 0 aromatic rings. The number of aliphatic hydroxyl groups is 2. The van der Waals surface area contributed by atoms with Crippen molar-refractivity contribution in [3.63, 3.8) is 0 Å². The Morgan fingerprint density at radius 1 is 1.61 bits per heavy atom. The van der Waals surface area contributed by atoms with Gasteiger partial charge < -0.3 is 24.8 Å². The number of hydrogen-bond acceptors (Lipinski definition) is 5. The van der Waals surface area contributed by atoms with Crippen LogP contribution >= 0.6 is 16.8 Å². The molecule has 0 aromatic heterocycles. The van der Waals surface area contributed by atoms with Gasteiger partial charge in [0.2, 0.25) is 5.91 Å². The Hall–Kier alpha value is 0.170. The summed E-state index contributed by atoms with van der Waals surface area (Å²) in [7, 11) is 1.73. The topological polar surface area (TPSA) is 88.0 Å². The first-order valence-electron chi connectivity index (χ1n) is 5.73. The summed E-state index contributed by atoms with van der Waals surface area (Å²) in [6, 6.07) is -0.620. The highest BCUT2D eigenvalue weighted by Crippen LogP contribution is 2.44. The summed E-state index contributed by atoms with van der Waals surface area (Å²) in [4.78, 5) is 11.2. The molecule has 1 rings (SSSR count). The first kappa shape index (κ1) is 16.2. The van der Waals surface area contributed by atoms with E-state index in [1.165, 1.54) is 6.92 Å². The number of nitrogens with one attached hydrogen (secondary N) is 1. The smallest absolute Gasteiger partial charge is 0.217 e. The highest BCUT2D eigenvalue weighted by molar-refractivity contribution is 8.10. The molecule has 3 N–H and O–H groups in total. The minimum atomic E-state index is -0.815. The Bertz CT molecular complexity index is 291. The maximum Gasteiger partial charge on any atom is 0.217 e. The zero-order valence-electron chi connectivity index (χ0n) is 10.7. The molecule has 0 aliphatic carbocycles. The second-order valence-corrected chi connectivity index (χ2v) is 7.94. The summed E-state index contributed by atoms with van der Waals surface area (Å²) in [6.45, 7) is 4.82. The van der Waals surface area contributed by atoms with Gasteiger partial charge in [-0.1, -0.05) is 15.9 Å². The molecule has 0 spiro atoms. The zero-order valence-corrected chi connectivity index (χ0v) is 12.8. The fourth-order valence-electron chi connectivity index (χ4n) is 1.94. The van der Waals surface area contributed by atoms with E-state index in [0.717, 1.165) is 0 Å². The molecule has 1 fully saturated rings. The highest BCUT2D eigenvalue weighted by Gasteiger charge is 2.44. The molecular weight excluding hydrogens is 276 g/mol. The van der Waals surface area contributed by atoms with Crippen molar-refractivity contribution in [1.82, 2.24) is 5.32 Å². The normalized spacial score (nSPS) is 38.2. The van der Waals surface area contributed by atoms with E-state index in [4.69, 9.17) is 9.26 Å². The van der Waals surface area contributed by atoms with Crippen LogP contribution in [-0.2, 0) is 14.1 Å². The van der Waals surface area contributed by atoms with E-state index >= 15 is 0 Å². The molecule has 7 atom stereocenters. The van der Waals surface area contributed by atoms with E-state index in [9.17, 15) is 15.0 Å². The largest absolute Gasteiger partial charge is 0.394 e. The van der Waals surface area contributed by atoms with Crippen molar-refractivity contribution in [3.8, 4) is 0 Å². The molecule has 0 radical (unpaired) electrons. The summed E-state index contributed by atoms with van der Waals surface area (Å²) >= 11 is 0. The van der Waals surface area contributed by atoms with Crippen molar-refractivity contribution in [2.24, 2.45) is 5.92 Å². The van der Waals surface area contributed by atoms with Crippen molar-refractivity contribution in [2.75, 3.05) is 13.3 Å². The number of aliphatic hydroxyl groups excluding tert-OH is 2. The number of hydrogen-bond donors (Lipinski definition) is 3. The van der Waals surface area contributed by atoms with Gasteiger partial charge in [-0.05, 0) is 6.66 Å². The number of carbonyl (C=O) groups is 1. The molecule has 0 bridgehead atoms. The van der Waals surface area contributed by atoms with Crippen LogP contribution in [0, 0.1) is 5.92 Å². The zero-order chi connectivity index (χ0) is 13.9. The van der Waals surface area contributed by atoms with Gasteiger partial charge in [0.15, 0.2) is 6.29 Å². The summed E-state index contributed by atoms with van der Waals surface area (Å²) in [6.07, 6.45) is -2.05. The molecule has 1 aliphatic heterocycles. The molecular formula is C10H21NO5P2. The number of amides is 1. The van der Waals surface area contributed by atoms with Gasteiger partial charge >= 0.3 is 0 Å². The third-order valence-electron chi connectivity index (χ3n) is 2.92. The van der Waals surface area contributed by atoms with Gasteiger partial charge in [-0.2, -0.15) is 0 Å². The lowest BCUT2D eigenvalue weighted by Gasteiger charge is -2.43. The summed E-state index contributed by atoms with van der Waals surface area (Å²) in [5.41, 5.74) is 0. The molecule has 0 aromatic carbocycles. The van der Waals surface area contributed by atoms with Gasteiger partial charge in [0.05, 0.1) is 18.8 Å². The third kappa shape index (κ3) is 4.09. The molecule has 18 heavy (non-hydrogen) atoms. The second kappa shape index (κ2) is 7.09. The first-order valence-corrected chi connectivity index (χ1v) is 9.06. The van der Waals surface area contributed by atoms with Crippen molar-refractivity contribution in [3.05, 3.63) is 0 Å². The first-order chi connectivity index (χ1) is 8.36. The van der Waals surface area contributed by atoms with Crippen LogP contribution in [0.3, 0.4) is 0 Å². The van der Waals surface area contributed by atoms with E-state index in [2.05, 4.69) is 14.2 Å². The van der Waals surface area contributed by atoms with Crippen LogP contribution in [0.4, 0.5) is 0 Å². The lowest BCUT2D eigenvalue weighted by molar-refractivity contribution is -0.221. The number of carbonyl (C=O) groups excluding carboxylic acids is 1. The molecule has 0 saturated carbocycles. The molecule has 4 unspecified atom stereocenters. The number of rotatable bonds is 4. The fourth-order valence-corrected chi connectivity index (χ4v) is 2.81. The van der Waals surface area contributed by atoms with Crippen molar-refractivity contribution in [1.29, 1.82) is 0 Å². The second-order valence-electron chi connectivity index (χ2n) is 4.45. The van der Waals surface area contributed by atoms with Crippen molar-refractivity contribution >= 4 is 22.7 Å². The highest BCUT2D eigenvalue weighted by atomic mass is 32.0. The van der Waals surface area contributed by atoms with Crippen LogP contribution in [0.2, 0.25) is 0 Å². The van der Waals surface area contributed by atoms with E-state index in [0.29, 0.717) is 0 Å². The van der Waals surface area contributed by atoms with Gasteiger partial charge in [0.1, 0.15) is 6.04 Å². The third-order valence-corrected chi connectivity index (χ3v) is 3.82.